The van der Waals surface area contributed by atoms with Gasteiger partial charge in [-0.05, 0) is 60.6 Å². The van der Waals surface area contributed by atoms with Crippen LogP contribution in [0.3, 0.4) is 0 Å². The Balaban J connectivity index is 2.72. The van der Waals surface area contributed by atoms with Crippen LogP contribution in [-0.4, -0.2) is 26.2 Å². The number of anilines is 2. The average molecular weight is 412 g/mol. The predicted octanol–water partition coefficient (Wildman–Crippen LogP) is 6.62. The minimum Gasteiger partial charge on any atom is -0.491 e. The van der Waals surface area contributed by atoms with E-state index in [9.17, 15) is 4.79 Å². The van der Waals surface area contributed by atoms with E-state index in [-0.39, 0.29) is 16.8 Å². The van der Waals surface area contributed by atoms with Crippen LogP contribution in [0.25, 0.3) is 0 Å². The zero-order chi connectivity index (χ0) is 22.7. The monoisotopic (exact) mass is 411 g/mol. The molecule has 0 unspecified atom stereocenters. The topological polar surface area (TPSA) is 38.8 Å². The molecular weight excluding hydrogens is 374 g/mol. The third-order valence-corrected chi connectivity index (χ3v) is 5.24. The van der Waals surface area contributed by atoms with Crippen LogP contribution in [0, 0.1) is 0 Å². The van der Waals surface area contributed by atoms with Crippen LogP contribution in [0.15, 0.2) is 36.4 Å². The molecule has 4 heteroatoms. The number of benzene rings is 2. The Labute approximate surface area is 182 Å². The van der Waals surface area contributed by atoms with Crippen molar-refractivity contribution in [1.82, 2.24) is 0 Å². The minimum atomic E-state index is -0.329. The lowest BCUT2D eigenvalue weighted by molar-refractivity contribution is 0.0600. The maximum atomic E-state index is 11.8. The summed E-state index contributed by atoms with van der Waals surface area (Å²) in [5.74, 6) is 0.598. The van der Waals surface area contributed by atoms with Crippen molar-refractivity contribution < 1.29 is 14.3 Å². The zero-order valence-corrected chi connectivity index (χ0v) is 20.1. The van der Waals surface area contributed by atoms with Gasteiger partial charge < -0.3 is 14.4 Å². The van der Waals surface area contributed by atoms with E-state index in [1.165, 1.54) is 18.2 Å². The number of methoxy groups -OCH3 is 1. The number of nitrogens with zero attached hydrogens (tertiary/aromatic N) is 1. The maximum absolute atomic E-state index is 11.8. The number of rotatable bonds is 6. The van der Waals surface area contributed by atoms with E-state index in [0.29, 0.717) is 12.2 Å². The Morgan fingerprint density at radius 2 is 1.53 bits per heavy atom. The highest BCUT2D eigenvalue weighted by atomic mass is 16.5. The lowest BCUT2D eigenvalue weighted by Crippen LogP contribution is -2.23. The van der Waals surface area contributed by atoms with Crippen LogP contribution in [0.1, 0.15) is 76.9 Å². The molecule has 0 aliphatic heterocycles. The molecule has 2 aromatic rings. The Morgan fingerprint density at radius 1 is 0.933 bits per heavy atom. The van der Waals surface area contributed by atoms with Crippen LogP contribution in [0.2, 0.25) is 0 Å². The largest absolute Gasteiger partial charge is 0.491 e. The fraction of sp³-hybridized carbons (Fsp3) is 0.500. The third-order valence-electron chi connectivity index (χ3n) is 5.24. The van der Waals surface area contributed by atoms with Crippen LogP contribution in [0.4, 0.5) is 11.4 Å². The summed E-state index contributed by atoms with van der Waals surface area (Å²) < 4.78 is 11.1. The first-order chi connectivity index (χ1) is 13.9. The summed E-state index contributed by atoms with van der Waals surface area (Å²) in [7, 11) is 1.40. The number of carbonyl (C=O) groups excluding carboxylic acids is 1. The fourth-order valence-electron chi connectivity index (χ4n) is 3.49. The van der Waals surface area contributed by atoms with Gasteiger partial charge in [-0.15, -0.1) is 0 Å². The molecule has 0 radical (unpaired) electrons. The quantitative estimate of drug-likeness (QED) is 0.500. The van der Waals surface area contributed by atoms with Crippen molar-refractivity contribution in [3.8, 4) is 5.75 Å². The van der Waals surface area contributed by atoms with Crippen molar-refractivity contribution in [3.63, 3.8) is 0 Å². The smallest absolute Gasteiger partial charge is 0.337 e. The third kappa shape index (κ3) is 5.16. The van der Waals surface area contributed by atoms with Crippen molar-refractivity contribution in [3.05, 3.63) is 53.1 Å². The highest BCUT2D eigenvalue weighted by Crippen LogP contribution is 2.44. The van der Waals surface area contributed by atoms with Crippen molar-refractivity contribution in [2.75, 3.05) is 25.2 Å². The molecule has 0 saturated carbocycles. The number of esters is 1. The van der Waals surface area contributed by atoms with Crippen LogP contribution in [-0.2, 0) is 15.6 Å². The second-order valence-corrected chi connectivity index (χ2v) is 9.59. The van der Waals surface area contributed by atoms with Gasteiger partial charge in [0.2, 0.25) is 0 Å². The first kappa shape index (κ1) is 23.8. The minimum absolute atomic E-state index is 0.00759. The molecule has 4 nitrogen and oxygen atoms in total. The Morgan fingerprint density at radius 3 is 1.97 bits per heavy atom. The molecule has 0 atom stereocenters. The lowest BCUT2D eigenvalue weighted by Gasteiger charge is -2.33. The summed E-state index contributed by atoms with van der Waals surface area (Å²) in [4.78, 5) is 14.1. The van der Waals surface area contributed by atoms with E-state index < -0.39 is 0 Å². The summed E-state index contributed by atoms with van der Waals surface area (Å²) in [6.07, 6.45) is 0. The van der Waals surface area contributed by atoms with Gasteiger partial charge in [0.05, 0.1) is 25.0 Å². The van der Waals surface area contributed by atoms with E-state index >= 15 is 0 Å². The van der Waals surface area contributed by atoms with Crippen molar-refractivity contribution in [1.29, 1.82) is 0 Å². The summed E-state index contributed by atoms with van der Waals surface area (Å²) in [6.45, 7) is 18.9. The molecule has 0 heterocycles. The number of carbonyl (C=O) groups is 1. The number of ether oxygens (including phenoxy) is 2. The molecule has 0 bridgehead atoms. The van der Waals surface area contributed by atoms with E-state index in [1.54, 1.807) is 0 Å². The summed E-state index contributed by atoms with van der Waals surface area (Å²) in [5.41, 5.74) is 5.04. The van der Waals surface area contributed by atoms with E-state index in [0.717, 1.165) is 23.7 Å². The summed E-state index contributed by atoms with van der Waals surface area (Å²) >= 11 is 0. The molecule has 2 aromatic carbocycles. The van der Waals surface area contributed by atoms with Gasteiger partial charge in [-0.1, -0.05) is 47.6 Å². The molecule has 0 saturated heterocycles. The standard InChI is InChI=1S/C26H37NO3/c1-10-27(20-14-12-18(13-15-20)24(28)29-9)22-17-19(25(3,4)5)16-21(26(6,7)8)23(22)30-11-2/h12-17H,10-11H2,1-9H3. The molecular formula is C26H37NO3. The van der Waals surface area contributed by atoms with Gasteiger partial charge in [-0.3, -0.25) is 0 Å². The first-order valence-corrected chi connectivity index (χ1v) is 10.7. The number of hydrogen-bond donors (Lipinski definition) is 0. The Bertz CT molecular complexity index is 871. The van der Waals surface area contributed by atoms with Gasteiger partial charge >= 0.3 is 5.97 Å². The normalized spacial score (nSPS) is 11.9. The van der Waals surface area contributed by atoms with Crippen molar-refractivity contribution in [2.24, 2.45) is 0 Å². The van der Waals surface area contributed by atoms with Gasteiger partial charge in [-0.25, -0.2) is 4.79 Å². The molecule has 0 aromatic heterocycles. The molecule has 0 amide bonds. The summed E-state index contributed by atoms with van der Waals surface area (Å²) in [6, 6.07) is 12.1. The zero-order valence-electron chi connectivity index (χ0n) is 20.1. The molecule has 30 heavy (non-hydrogen) atoms. The highest BCUT2D eigenvalue weighted by Gasteiger charge is 2.28. The SMILES string of the molecule is CCOc1c(N(CC)c2ccc(C(=O)OC)cc2)cc(C(C)(C)C)cc1C(C)(C)C. The van der Waals surface area contributed by atoms with E-state index in [4.69, 9.17) is 9.47 Å². The fourth-order valence-corrected chi connectivity index (χ4v) is 3.49. The molecule has 0 aliphatic rings. The van der Waals surface area contributed by atoms with Gasteiger partial charge in [0.25, 0.3) is 0 Å². The lowest BCUT2D eigenvalue weighted by atomic mass is 9.79. The Kier molecular flexibility index (Phi) is 7.23. The molecule has 2 rings (SSSR count). The molecule has 0 spiro atoms. The highest BCUT2D eigenvalue weighted by molar-refractivity contribution is 5.90. The summed E-state index contributed by atoms with van der Waals surface area (Å²) in [5, 5.41) is 0. The van der Waals surface area contributed by atoms with Crippen molar-refractivity contribution >= 4 is 17.3 Å². The molecule has 0 fully saturated rings. The van der Waals surface area contributed by atoms with Gasteiger partial charge in [0.1, 0.15) is 5.75 Å². The van der Waals surface area contributed by atoms with Crippen LogP contribution in [0.5, 0.6) is 5.75 Å². The Hall–Kier alpha value is -2.49. The van der Waals surface area contributed by atoms with Crippen molar-refractivity contribution in [2.45, 2.75) is 66.2 Å². The van der Waals surface area contributed by atoms with Crippen LogP contribution < -0.4 is 9.64 Å². The molecule has 0 N–H and O–H groups in total. The molecule has 164 valence electrons. The van der Waals surface area contributed by atoms with Gasteiger partial charge in [0, 0.05) is 17.8 Å². The number of hydrogen-bond acceptors (Lipinski definition) is 4. The van der Waals surface area contributed by atoms with E-state index in [2.05, 4.69) is 65.5 Å². The van der Waals surface area contributed by atoms with E-state index in [1.807, 2.05) is 31.2 Å². The second-order valence-electron chi connectivity index (χ2n) is 9.59. The maximum Gasteiger partial charge on any atom is 0.337 e. The average Bonchev–Trinajstić information content (AvgIpc) is 2.67. The van der Waals surface area contributed by atoms with Gasteiger partial charge in [0.15, 0.2) is 0 Å². The second kappa shape index (κ2) is 9.11. The predicted molar refractivity (Wildman–Crippen MR) is 125 cm³/mol. The van der Waals surface area contributed by atoms with Gasteiger partial charge in [-0.2, -0.15) is 0 Å². The molecule has 0 aliphatic carbocycles. The van der Waals surface area contributed by atoms with Crippen LogP contribution >= 0.6 is 0 Å². The first-order valence-electron chi connectivity index (χ1n) is 10.7.